The number of aromatic nitrogens is 2. The van der Waals surface area contributed by atoms with Crippen LogP contribution in [0.3, 0.4) is 0 Å². The molecular formula is C22H18ClFN2O. The molecule has 0 bridgehead atoms. The Kier molecular flexibility index (Phi) is 4.92. The molecule has 3 aromatic carbocycles. The SMILES string of the molecule is OC(Cc1nc2ccccc2n1Cc1ccc(Cl)cc1)c1ccc(F)cc1. The van der Waals surface area contributed by atoms with E-state index in [4.69, 9.17) is 16.6 Å². The van der Waals surface area contributed by atoms with E-state index in [0.29, 0.717) is 23.6 Å². The van der Waals surface area contributed by atoms with Crippen molar-refractivity contribution in [2.24, 2.45) is 0 Å². The first-order chi connectivity index (χ1) is 13.1. The standard InChI is InChI=1S/C22H18ClFN2O/c23-17-9-5-15(6-10-17)14-26-20-4-2-1-3-19(20)25-22(26)13-21(27)16-7-11-18(24)12-8-16/h1-12,21,27H,13-14H2. The Morgan fingerprint density at radius 2 is 1.67 bits per heavy atom. The third kappa shape index (κ3) is 3.87. The third-order valence-corrected chi connectivity index (χ3v) is 4.87. The maximum absolute atomic E-state index is 13.1. The number of hydrogen-bond donors (Lipinski definition) is 1. The molecule has 0 fully saturated rings. The summed E-state index contributed by atoms with van der Waals surface area (Å²) < 4.78 is 15.2. The Hall–Kier alpha value is -2.69. The van der Waals surface area contributed by atoms with E-state index in [1.807, 2.05) is 48.5 Å². The fraction of sp³-hybridized carbons (Fsp3) is 0.136. The lowest BCUT2D eigenvalue weighted by molar-refractivity contribution is 0.174. The number of rotatable bonds is 5. The molecular weight excluding hydrogens is 363 g/mol. The Labute approximate surface area is 161 Å². The van der Waals surface area contributed by atoms with Crippen LogP contribution in [-0.2, 0) is 13.0 Å². The molecule has 0 saturated heterocycles. The topological polar surface area (TPSA) is 38.1 Å². The van der Waals surface area contributed by atoms with Crippen LogP contribution in [0.4, 0.5) is 4.39 Å². The minimum absolute atomic E-state index is 0.319. The van der Waals surface area contributed by atoms with Crippen LogP contribution in [-0.4, -0.2) is 14.7 Å². The van der Waals surface area contributed by atoms with Crippen molar-refractivity contribution in [3.05, 3.63) is 101 Å². The van der Waals surface area contributed by atoms with Crippen LogP contribution in [0.2, 0.25) is 5.02 Å². The van der Waals surface area contributed by atoms with Crippen molar-refractivity contribution in [2.45, 2.75) is 19.1 Å². The highest BCUT2D eigenvalue weighted by molar-refractivity contribution is 6.30. The van der Waals surface area contributed by atoms with Gasteiger partial charge in [-0.05, 0) is 47.5 Å². The van der Waals surface area contributed by atoms with Crippen LogP contribution in [0.1, 0.15) is 23.1 Å². The van der Waals surface area contributed by atoms with Crippen molar-refractivity contribution < 1.29 is 9.50 Å². The zero-order valence-electron chi connectivity index (χ0n) is 14.5. The predicted molar refractivity (Wildman–Crippen MR) is 105 cm³/mol. The Bertz CT molecular complexity index is 1060. The molecule has 0 aliphatic heterocycles. The van der Waals surface area contributed by atoms with Gasteiger partial charge in [-0.3, -0.25) is 0 Å². The van der Waals surface area contributed by atoms with Gasteiger partial charge in [0.25, 0.3) is 0 Å². The van der Waals surface area contributed by atoms with Gasteiger partial charge in [-0.15, -0.1) is 0 Å². The number of benzene rings is 3. The van der Waals surface area contributed by atoms with Gasteiger partial charge in [0.15, 0.2) is 0 Å². The number of hydrogen-bond acceptors (Lipinski definition) is 2. The molecule has 0 amide bonds. The fourth-order valence-electron chi connectivity index (χ4n) is 3.21. The molecule has 27 heavy (non-hydrogen) atoms. The van der Waals surface area contributed by atoms with Crippen molar-refractivity contribution in [1.82, 2.24) is 9.55 Å². The predicted octanol–water partition coefficient (Wildman–Crippen LogP) is 5.15. The number of para-hydroxylation sites is 2. The summed E-state index contributed by atoms with van der Waals surface area (Å²) in [6.07, 6.45) is -0.417. The Balaban J connectivity index is 1.69. The average Bonchev–Trinajstić information content (AvgIpc) is 3.01. The number of fused-ring (bicyclic) bond motifs is 1. The summed E-state index contributed by atoms with van der Waals surface area (Å²) in [7, 11) is 0. The number of nitrogens with zero attached hydrogens (tertiary/aromatic N) is 2. The lowest BCUT2D eigenvalue weighted by Gasteiger charge is -2.14. The van der Waals surface area contributed by atoms with Gasteiger partial charge in [0.05, 0.1) is 17.1 Å². The second-order valence-corrected chi connectivity index (χ2v) is 6.94. The Morgan fingerprint density at radius 3 is 2.41 bits per heavy atom. The summed E-state index contributed by atoms with van der Waals surface area (Å²) >= 11 is 5.99. The van der Waals surface area contributed by atoms with Gasteiger partial charge in [0.2, 0.25) is 0 Å². The summed E-state index contributed by atoms with van der Waals surface area (Å²) in [5, 5.41) is 11.3. The van der Waals surface area contributed by atoms with Crippen LogP contribution in [0, 0.1) is 5.82 Å². The molecule has 1 N–H and O–H groups in total. The highest BCUT2D eigenvalue weighted by Crippen LogP contribution is 2.24. The molecule has 4 aromatic rings. The van der Waals surface area contributed by atoms with Crippen LogP contribution in [0.15, 0.2) is 72.8 Å². The lowest BCUT2D eigenvalue weighted by Crippen LogP contribution is -2.10. The molecule has 4 rings (SSSR count). The molecule has 1 atom stereocenters. The van der Waals surface area contributed by atoms with E-state index in [0.717, 1.165) is 22.4 Å². The first-order valence-electron chi connectivity index (χ1n) is 8.72. The maximum atomic E-state index is 13.1. The van der Waals surface area contributed by atoms with Crippen LogP contribution >= 0.6 is 11.6 Å². The fourth-order valence-corrected chi connectivity index (χ4v) is 3.33. The van der Waals surface area contributed by atoms with Crippen molar-refractivity contribution in [1.29, 1.82) is 0 Å². The minimum Gasteiger partial charge on any atom is -0.388 e. The van der Waals surface area contributed by atoms with Gasteiger partial charge in [-0.2, -0.15) is 0 Å². The van der Waals surface area contributed by atoms with Crippen LogP contribution in [0.25, 0.3) is 11.0 Å². The molecule has 0 radical (unpaired) electrons. The summed E-state index contributed by atoms with van der Waals surface area (Å²) in [6.45, 7) is 0.628. The molecule has 0 aliphatic carbocycles. The Morgan fingerprint density at radius 1 is 0.963 bits per heavy atom. The van der Waals surface area contributed by atoms with Crippen molar-refractivity contribution >= 4 is 22.6 Å². The van der Waals surface area contributed by atoms with E-state index < -0.39 is 6.10 Å². The number of aliphatic hydroxyl groups is 1. The molecule has 0 spiro atoms. The molecule has 0 saturated carbocycles. The summed E-state index contributed by atoms with van der Waals surface area (Å²) in [5.41, 5.74) is 3.66. The maximum Gasteiger partial charge on any atom is 0.123 e. The first kappa shape index (κ1) is 17.7. The largest absolute Gasteiger partial charge is 0.388 e. The quantitative estimate of drug-likeness (QED) is 0.519. The van der Waals surface area contributed by atoms with Gasteiger partial charge in [0, 0.05) is 18.0 Å². The van der Waals surface area contributed by atoms with Crippen molar-refractivity contribution in [3.63, 3.8) is 0 Å². The zero-order valence-corrected chi connectivity index (χ0v) is 15.3. The molecule has 5 heteroatoms. The highest BCUT2D eigenvalue weighted by Gasteiger charge is 2.16. The van der Waals surface area contributed by atoms with Crippen molar-refractivity contribution in [3.8, 4) is 0 Å². The van der Waals surface area contributed by atoms with E-state index >= 15 is 0 Å². The molecule has 0 aliphatic rings. The lowest BCUT2D eigenvalue weighted by atomic mass is 10.1. The van der Waals surface area contributed by atoms with Gasteiger partial charge in [-0.1, -0.05) is 48.0 Å². The normalized spacial score (nSPS) is 12.4. The number of aliphatic hydroxyl groups excluding tert-OH is 1. The highest BCUT2D eigenvalue weighted by atomic mass is 35.5. The second-order valence-electron chi connectivity index (χ2n) is 6.50. The molecule has 3 nitrogen and oxygen atoms in total. The van der Waals surface area contributed by atoms with E-state index in [1.165, 1.54) is 12.1 Å². The summed E-state index contributed by atoms with van der Waals surface area (Å²) in [5.74, 6) is 0.462. The molecule has 1 unspecified atom stereocenters. The van der Waals surface area contributed by atoms with E-state index in [1.54, 1.807) is 12.1 Å². The summed E-state index contributed by atoms with van der Waals surface area (Å²) in [6, 6.07) is 21.5. The zero-order chi connectivity index (χ0) is 18.8. The molecule has 136 valence electrons. The van der Waals surface area contributed by atoms with Crippen LogP contribution < -0.4 is 0 Å². The van der Waals surface area contributed by atoms with Crippen molar-refractivity contribution in [2.75, 3.05) is 0 Å². The van der Waals surface area contributed by atoms with Gasteiger partial charge in [-0.25, -0.2) is 9.37 Å². The second kappa shape index (κ2) is 7.51. The summed E-state index contributed by atoms with van der Waals surface area (Å²) in [4.78, 5) is 4.71. The van der Waals surface area contributed by atoms with Gasteiger partial charge >= 0.3 is 0 Å². The van der Waals surface area contributed by atoms with E-state index in [2.05, 4.69) is 4.57 Å². The third-order valence-electron chi connectivity index (χ3n) is 4.62. The van der Waals surface area contributed by atoms with E-state index in [9.17, 15) is 9.50 Å². The van der Waals surface area contributed by atoms with E-state index in [-0.39, 0.29) is 5.82 Å². The molecule has 1 aromatic heterocycles. The van der Waals surface area contributed by atoms with Gasteiger partial charge < -0.3 is 9.67 Å². The minimum atomic E-state index is -0.758. The number of imidazole rings is 1. The first-order valence-corrected chi connectivity index (χ1v) is 9.10. The molecule has 1 heterocycles. The number of halogens is 2. The van der Waals surface area contributed by atoms with Crippen LogP contribution in [0.5, 0.6) is 0 Å². The monoisotopic (exact) mass is 380 g/mol. The van der Waals surface area contributed by atoms with Gasteiger partial charge in [0.1, 0.15) is 11.6 Å². The smallest absolute Gasteiger partial charge is 0.123 e. The average molecular weight is 381 g/mol.